The molecule has 1 heterocycles. The molecule has 0 spiro atoms. The summed E-state index contributed by atoms with van der Waals surface area (Å²) in [7, 11) is 0. The minimum absolute atomic E-state index is 0.116. The Morgan fingerprint density at radius 1 is 1.31 bits per heavy atom. The molecule has 9 heteroatoms. The topological polar surface area (TPSA) is 42.0 Å². The first-order valence-electron chi connectivity index (χ1n) is 7.17. The third kappa shape index (κ3) is 4.98. The molecule has 2 rings (SSSR count). The standard InChI is InChI=1S/C17H13ClF4N2OS/c1-9-13(3-4-23-16(9)18)14(25)8-15(26-2)24-12-6-10(17(20,21)22)5-11(19)7-12/h3-8,24H,1-2H3/b15-8-. The maximum Gasteiger partial charge on any atom is 0.416 e. The first-order chi connectivity index (χ1) is 12.1. The van der Waals surface area contributed by atoms with Crippen molar-refractivity contribution in [2.75, 3.05) is 11.6 Å². The lowest BCUT2D eigenvalue weighted by Gasteiger charge is -2.12. The first kappa shape index (κ1) is 20.3. The molecule has 26 heavy (non-hydrogen) atoms. The van der Waals surface area contributed by atoms with Crippen molar-refractivity contribution in [1.29, 1.82) is 0 Å². The van der Waals surface area contributed by atoms with E-state index in [0.717, 1.165) is 23.9 Å². The fraction of sp³-hybridized carbons (Fsp3) is 0.176. The van der Waals surface area contributed by atoms with Gasteiger partial charge in [0.2, 0.25) is 0 Å². The number of carbonyl (C=O) groups excluding carboxylic acids is 1. The molecule has 0 radical (unpaired) electrons. The maximum absolute atomic E-state index is 13.5. The molecule has 0 amide bonds. The van der Waals surface area contributed by atoms with Gasteiger partial charge in [-0.3, -0.25) is 4.79 Å². The fourth-order valence-corrected chi connectivity index (χ4v) is 2.69. The Bertz CT molecular complexity index is 868. The van der Waals surface area contributed by atoms with E-state index in [0.29, 0.717) is 17.2 Å². The van der Waals surface area contributed by atoms with Gasteiger partial charge in [0.25, 0.3) is 0 Å². The van der Waals surface area contributed by atoms with Crippen molar-refractivity contribution in [2.24, 2.45) is 0 Å². The smallest absolute Gasteiger partial charge is 0.350 e. The molecule has 0 aliphatic carbocycles. The maximum atomic E-state index is 13.5. The number of pyridine rings is 1. The van der Waals surface area contributed by atoms with Gasteiger partial charge in [0, 0.05) is 23.5 Å². The molecular weight excluding hydrogens is 392 g/mol. The van der Waals surface area contributed by atoms with Gasteiger partial charge >= 0.3 is 6.18 Å². The zero-order valence-electron chi connectivity index (χ0n) is 13.6. The van der Waals surface area contributed by atoms with Crippen molar-refractivity contribution in [3.63, 3.8) is 0 Å². The van der Waals surface area contributed by atoms with E-state index >= 15 is 0 Å². The number of nitrogens with zero attached hydrogens (tertiary/aromatic N) is 1. The summed E-state index contributed by atoms with van der Waals surface area (Å²) in [5.74, 6) is -1.44. The van der Waals surface area contributed by atoms with E-state index < -0.39 is 23.3 Å². The van der Waals surface area contributed by atoms with Gasteiger partial charge in [0.05, 0.1) is 10.6 Å². The van der Waals surface area contributed by atoms with E-state index in [2.05, 4.69) is 10.3 Å². The van der Waals surface area contributed by atoms with Crippen molar-refractivity contribution in [2.45, 2.75) is 13.1 Å². The lowest BCUT2D eigenvalue weighted by molar-refractivity contribution is -0.137. The Morgan fingerprint density at radius 2 is 2.00 bits per heavy atom. The number of halogens is 5. The van der Waals surface area contributed by atoms with Gasteiger partial charge in [-0.05, 0) is 43.0 Å². The lowest BCUT2D eigenvalue weighted by Crippen LogP contribution is -2.08. The SMILES string of the molecule is CS/C(=C\C(=O)c1ccnc(Cl)c1C)Nc1cc(F)cc(C(F)(F)F)c1. The minimum Gasteiger partial charge on any atom is -0.350 e. The van der Waals surface area contributed by atoms with Crippen molar-refractivity contribution >= 4 is 34.8 Å². The number of hydrogen-bond donors (Lipinski definition) is 1. The number of ketones is 1. The second-order valence-corrected chi connectivity index (χ2v) is 6.41. The van der Waals surface area contributed by atoms with Crippen LogP contribution >= 0.6 is 23.4 Å². The van der Waals surface area contributed by atoms with Crippen molar-refractivity contribution in [1.82, 2.24) is 4.98 Å². The van der Waals surface area contributed by atoms with Crippen LogP contribution in [0.1, 0.15) is 21.5 Å². The second-order valence-electron chi connectivity index (χ2n) is 5.20. The number of alkyl halides is 3. The van der Waals surface area contributed by atoms with Crippen LogP contribution in [0.5, 0.6) is 0 Å². The zero-order chi connectivity index (χ0) is 19.5. The molecule has 0 bridgehead atoms. The summed E-state index contributed by atoms with van der Waals surface area (Å²) in [6.07, 6.45) is -0.461. The van der Waals surface area contributed by atoms with Gasteiger partial charge in [-0.1, -0.05) is 11.6 Å². The molecule has 138 valence electrons. The Hall–Kier alpha value is -2.06. The largest absolute Gasteiger partial charge is 0.416 e. The number of allylic oxidation sites excluding steroid dienone is 1. The predicted molar refractivity (Wildman–Crippen MR) is 94.9 cm³/mol. The summed E-state index contributed by atoms with van der Waals surface area (Å²) in [4.78, 5) is 16.3. The van der Waals surface area contributed by atoms with Crippen molar-refractivity contribution < 1.29 is 22.4 Å². The summed E-state index contributed by atoms with van der Waals surface area (Å²) < 4.78 is 51.9. The predicted octanol–water partition coefficient (Wildman–Crippen LogP) is 5.70. The molecular formula is C17H13ClF4N2OS. The first-order valence-corrected chi connectivity index (χ1v) is 8.78. The number of hydrogen-bond acceptors (Lipinski definition) is 4. The highest BCUT2D eigenvalue weighted by atomic mass is 35.5. The number of nitrogens with one attached hydrogen (secondary N) is 1. The Balaban J connectivity index is 2.32. The van der Waals surface area contributed by atoms with Crippen LogP contribution in [0.15, 0.2) is 41.6 Å². The van der Waals surface area contributed by atoms with E-state index in [-0.39, 0.29) is 15.9 Å². The summed E-state index contributed by atoms with van der Waals surface area (Å²) in [6, 6.07) is 3.58. The van der Waals surface area contributed by atoms with Crippen LogP contribution < -0.4 is 5.32 Å². The van der Waals surface area contributed by atoms with Crippen LogP contribution in [0, 0.1) is 12.7 Å². The van der Waals surface area contributed by atoms with Crippen LogP contribution in [0.25, 0.3) is 0 Å². The van der Waals surface area contributed by atoms with Gasteiger partial charge in [-0.25, -0.2) is 9.37 Å². The van der Waals surface area contributed by atoms with E-state index in [4.69, 9.17) is 11.6 Å². The molecule has 0 fully saturated rings. The summed E-state index contributed by atoms with van der Waals surface area (Å²) in [5.41, 5.74) is -0.437. The quantitative estimate of drug-likeness (QED) is 0.300. The monoisotopic (exact) mass is 404 g/mol. The van der Waals surface area contributed by atoms with E-state index in [1.165, 1.54) is 18.3 Å². The molecule has 0 aliphatic heterocycles. The molecule has 1 aromatic heterocycles. The number of rotatable bonds is 5. The summed E-state index contributed by atoms with van der Waals surface area (Å²) in [6.45, 7) is 1.63. The molecule has 0 saturated carbocycles. The highest BCUT2D eigenvalue weighted by molar-refractivity contribution is 8.02. The second kappa shape index (κ2) is 8.09. The van der Waals surface area contributed by atoms with E-state index in [1.54, 1.807) is 13.2 Å². The third-order valence-corrected chi connectivity index (χ3v) is 4.42. The molecule has 0 aliphatic rings. The molecule has 2 aromatic rings. The summed E-state index contributed by atoms with van der Waals surface area (Å²) >= 11 is 6.98. The molecule has 1 aromatic carbocycles. The summed E-state index contributed by atoms with van der Waals surface area (Å²) in [5, 5.41) is 3.07. The highest BCUT2D eigenvalue weighted by Crippen LogP contribution is 2.32. The molecule has 0 unspecified atom stereocenters. The van der Waals surface area contributed by atoms with Gasteiger partial charge < -0.3 is 5.32 Å². The van der Waals surface area contributed by atoms with E-state index in [9.17, 15) is 22.4 Å². The van der Waals surface area contributed by atoms with Crippen molar-refractivity contribution in [3.05, 3.63) is 69.2 Å². The average molecular weight is 405 g/mol. The number of thioether (sulfide) groups is 1. The number of aromatic nitrogens is 1. The molecule has 3 nitrogen and oxygen atoms in total. The molecule has 1 N–H and O–H groups in total. The Kier molecular flexibility index (Phi) is 6.30. The van der Waals surface area contributed by atoms with Gasteiger partial charge in [-0.15, -0.1) is 11.8 Å². The number of carbonyl (C=O) groups is 1. The van der Waals surface area contributed by atoms with Gasteiger partial charge in [0.1, 0.15) is 11.0 Å². The molecule has 0 atom stereocenters. The van der Waals surface area contributed by atoms with E-state index in [1.807, 2.05) is 0 Å². The fourth-order valence-electron chi connectivity index (χ4n) is 2.09. The zero-order valence-corrected chi connectivity index (χ0v) is 15.2. The minimum atomic E-state index is -4.68. The average Bonchev–Trinajstić information content (AvgIpc) is 2.55. The van der Waals surface area contributed by atoms with Crippen LogP contribution in [0.2, 0.25) is 5.15 Å². The van der Waals surface area contributed by atoms with Crippen LogP contribution in [-0.4, -0.2) is 17.0 Å². The molecule has 0 saturated heterocycles. The number of benzene rings is 1. The van der Waals surface area contributed by atoms with Gasteiger partial charge in [-0.2, -0.15) is 13.2 Å². The third-order valence-electron chi connectivity index (χ3n) is 3.38. The lowest BCUT2D eigenvalue weighted by atomic mass is 10.1. The van der Waals surface area contributed by atoms with Crippen LogP contribution in [-0.2, 0) is 6.18 Å². The van der Waals surface area contributed by atoms with Crippen LogP contribution in [0.4, 0.5) is 23.2 Å². The van der Waals surface area contributed by atoms with Gasteiger partial charge in [0.15, 0.2) is 5.78 Å². The number of anilines is 1. The highest BCUT2D eigenvalue weighted by Gasteiger charge is 2.31. The Morgan fingerprint density at radius 3 is 2.62 bits per heavy atom. The van der Waals surface area contributed by atoms with Crippen LogP contribution in [0.3, 0.4) is 0 Å². The van der Waals surface area contributed by atoms with Crippen molar-refractivity contribution in [3.8, 4) is 0 Å². The normalized spacial score (nSPS) is 12.2. The Labute approximate surface area is 156 Å².